The second kappa shape index (κ2) is 12.1. The summed E-state index contributed by atoms with van der Waals surface area (Å²) < 4.78 is 20.8. The van der Waals surface area contributed by atoms with Crippen LogP contribution in [0.2, 0.25) is 0 Å². The minimum absolute atomic E-state index is 0.222. The van der Waals surface area contributed by atoms with Gasteiger partial charge in [-0.2, -0.15) is 0 Å². The number of carbonyl (C=O) groups excluding carboxylic acids is 2. The van der Waals surface area contributed by atoms with E-state index in [1.165, 1.54) is 37.8 Å². The first kappa shape index (κ1) is 28.2. The van der Waals surface area contributed by atoms with E-state index in [1.54, 1.807) is 21.9 Å². The number of fused-ring (bicyclic) bond motifs is 3. The van der Waals surface area contributed by atoms with E-state index in [0.29, 0.717) is 43.4 Å². The first-order valence-corrected chi connectivity index (χ1v) is 15.0. The number of benzene rings is 2. The molecule has 2 aromatic carbocycles. The van der Waals surface area contributed by atoms with Gasteiger partial charge in [-0.3, -0.25) is 9.80 Å². The first-order valence-electron chi connectivity index (χ1n) is 15.0. The van der Waals surface area contributed by atoms with Crippen molar-refractivity contribution in [3.8, 4) is 0 Å². The smallest absolute Gasteiger partial charge is 0.409 e. The minimum atomic E-state index is -0.334. The van der Waals surface area contributed by atoms with Crippen molar-refractivity contribution in [2.45, 2.75) is 70.1 Å². The number of para-hydroxylation sites is 1. The topological polar surface area (TPSA) is 82.9 Å². The van der Waals surface area contributed by atoms with Crippen LogP contribution in [0.15, 0.2) is 54.6 Å². The molecule has 222 valence electrons. The first-order chi connectivity index (χ1) is 20.4. The molecule has 2 fully saturated rings. The largest absolute Gasteiger partial charge is 0.453 e. The number of anilines is 2. The van der Waals surface area contributed by atoms with E-state index in [2.05, 4.69) is 21.7 Å². The molecule has 1 aromatic heterocycles. The Labute approximate surface area is 246 Å². The molecule has 9 nitrogen and oxygen atoms in total. The van der Waals surface area contributed by atoms with Crippen LogP contribution in [0.3, 0.4) is 0 Å². The van der Waals surface area contributed by atoms with Gasteiger partial charge in [-0.1, -0.05) is 18.2 Å². The number of urea groups is 1. The molecular weight excluding hydrogens is 535 g/mol. The number of nitrogens with one attached hydrogen (secondary N) is 1. The molecule has 3 amide bonds. The number of methoxy groups -OCH3 is 1. The van der Waals surface area contributed by atoms with Gasteiger partial charge in [-0.05, 0) is 75.4 Å². The van der Waals surface area contributed by atoms with Crippen LogP contribution in [0, 0.1) is 12.7 Å². The van der Waals surface area contributed by atoms with E-state index in [4.69, 9.17) is 9.72 Å². The van der Waals surface area contributed by atoms with Gasteiger partial charge >= 0.3 is 12.1 Å². The number of hydrogen-bond acceptors (Lipinski definition) is 5. The number of imidazole rings is 1. The van der Waals surface area contributed by atoms with Crippen LogP contribution in [-0.2, 0) is 17.7 Å². The summed E-state index contributed by atoms with van der Waals surface area (Å²) in [4.78, 5) is 36.4. The standard InChI is InChI=1S/C32H39FN6O3/c1-22-34-29-21-36(32(41)42-2)18-15-30(29)39(22)28-19-26-13-14-27(20-28)37(26)16-6-17-38(25-7-4-3-5-8-25)31(40)35-24-11-9-23(33)10-12-24/h3-5,7-12,26-28H,6,13-21H2,1-2H3,(H,35,40)/t26-,27+,28?. The summed E-state index contributed by atoms with van der Waals surface area (Å²) in [6.07, 6.45) is 5.93. The van der Waals surface area contributed by atoms with Crippen LogP contribution in [0.4, 0.5) is 25.4 Å². The van der Waals surface area contributed by atoms with Crippen molar-refractivity contribution < 1.29 is 18.7 Å². The highest BCUT2D eigenvalue weighted by Gasteiger charge is 2.42. The lowest BCUT2D eigenvalue weighted by molar-refractivity contribution is 0.103. The van der Waals surface area contributed by atoms with Gasteiger partial charge in [-0.25, -0.2) is 19.0 Å². The number of piperidine rings is 1. The lowest BCUT2D eigenvalue weighted by Crippen LogP contribution is -2.45. The van der Waals surface area contributed by atoms with Crippen molar-refractivity contribution in [3.63, 3.8) is 0 Å². The van der Waals surface area contributed by atoms with Gasteiger partial charge < -0.3 is 19.5 Å². The Kier molecular flexibility index (Phi) is 8.15. The Morgan fingerprint density at radius 1 is 1.05 bits per heavy atom. The maximum atomic E-state index is 13.4. The second-order valence-electron chi connectivity index (χ2n) is 11.6. The molecule has 6 rings (SSSR count). The number of ether oxygens (including phenoxy) is 1. The fourth-order valence-electron chi connectivity index (χ4n) is 7.22. The maximum absolute atomic E-state index is 13.4. The van der Waals surface area contributed by atoms with E-state index in [9.17, 15) is 14.0 Å². The molecule has 0 radical (unpaired) electrons. The van der Waals surface area contributed by atoms with Crippen molar-refractivity contribution in [3.05, 3.63) is 77.6 Å². The molecule has 2 bridgehead atoms. The van der Waals surface area contributed by atoms with Gasteiger partial charge in [0.05, 0.1) is 19.3 Å². The molecule has 0 saturated carbocycles. The van der Waals surface area contributed by atoms with E-state index in [-0.39, 0.29) is 17.9 Å². The second-order valence-corrected chi connectivity index (χ2v) is 11.6. The maximum Gasteiger partial charge on any atom is 0.409 e. The fourth-order valence-corrected chi connectivity index (χ4v) is 7.22. The zero-order chi connectivity index (χ0) is 29.2. The van der Waals surface area contributed by atoms with Crippen molar-refractivity contribution in [1.29, 1.82) is 0 Å². The number of amides is 3. The Balaban J connectivity index is 1.09. The molecule has 3 aliphatic heterocycles. The van der Waals surface area contributed by atoms with Crippen LogP contribution < -0.4 is 10.2 Å². The SMILES string of the molecule is COC(=O)N1CCc2c(nc(C)n2C2C[C@H]3CC[C@@H](C2)N3CCCN(C(=O)Nc2ccc(F)cc2)c2ccccc2)C1. The molecule has 3 aliphatic rings. The van der Waals surface area contributed by atoms with Crippen LogP contribution in [0.1, 0.15) is 55.4 Å². The highest BCUT2D eigenvalue weighted by atomic mass is 19.1. The molecule has 3 aromatic rings. The van der Waals surface area contributed by atoms with Gasteiger partial charge in [0.15, 0.2) is 0 Å². The van der Waals surface area contributed by atoms with Crippen molar-refractivity contribution >= 4 is 23.5 Å². The summed E-state index contributed by atoms with van der Waals surface area (Å²) in [5.41, 5.74) is 3.68. The number of hydrogen-bond donors (Lipinski definition) is 1. The summed E-state index contributed by atoms with van der Waals surface area (Å²) in [5, 5.41) is 2.92. The summed E-state index contributed by atoms with van der Waals surface area (Å²) in [5.74, 6) is 0.704. The van der Waals surface area contributed by atoms with E-state index in [0.717, 1.165) is 49.4 Å². The van der Waals surface area contributed by atoms with Crippen LogP contribution in [-0.4, -0.2) is 70.3 Å². The molecule has 4 heterocycles. The third kappa shape index (κ3) is 5.72. The number of rotatable bonds is 7. The Morgan fingerprint density at radius 2 is 1.76 bits per heavy atom. The predicted octanol–water partition coefficient (Wildman–Crippen LogP) is 5.75. The number of aryl methyl sites for hydroxylation is 1. The van der Waals surface area contributed by atoms with Crippen LogP contribution in [0.5, 0.6) is 0 Å². The Hall–Kier alpha value is -3.92. The fraction of sp³-hybridized carbons (Fsp3) is 0.469. The monoisotopic (exact) mass is 574 g/mol. The molecule has 3 atom stereocenters. The Morgan fingerprint density at radius 3 is 2.45 bits per heavy atom. The molecule has 1 unspecified atom stereocenters. The molecule has 2 saturated heterocycles. The lowest BCUT2D eigenvalue weighted by Gasteiger charge is -2.41. The third-order valence-corrected chi connectivity index (χ3v) is 9.09. The summed E-state index contributed by atoms with van der Waals surface area (Å²) in [7, 11) is 1.42. The minimum Gasteiger partial charge on any atom is -0.453 e. The van der Waals surface area contributed by atoms with Crippen molar-refractivity contribution in [2.75, 3.05) is 37.0 Å². The summed E-state index contributed by atoms with van der Waals surface area (Å²) in [6, 6.07) is 16.8. The van der Waals surface area contributed by atoms with Gasteiger partial charge in [0.2, 0.25) is 0 Å². The Bertz CT molecular complexity index is 1400. The van der Waals surface area contributed by atoms with E-state index < -0.39 is 0 Å². The zero-order valence-electron chi connectivity index (χ0n) is 24.3. The van der Waals surface area contributed by atoms with Gasteiger partial charge in [0.1, 0.15) is 11.6 Å². The lowest BCUT2D eigenvalue weighted by atomic mass is 9.95. The molecular formula is C32H39FN6O3. The molecule has 42 heavy (non-hydrogen) atoms. The van der Waals surface area contributed by atoms with E-state index >= 15 is 0 Å². The van der Waals surface area contributed by atoms with Crippen molar-refractivity contribution in [2.24, 2.45) is 0 Å². The number of nitrogens with zero attached hydrogens (tertiary/aromatic N) is 5. The highest BCUT2D eigenvalue weighted by molar-refractivity contribution is 6.01. The van der Waals surface area contributed by atoms with Crippen LogP contribution >= 0.6 is 0 Å². The number of aromatic nitrogens is 2. The molecule has 0 aliphatic carbocycles. The summed E-state index contributed by atoms with van der Waals surface area (Å²) in [6.45, 7) is 4.77. The van der Waals surface area contributed by atoms with Crippen LogP contribution in [0.25, 0.3) is 0 Å². The quantitative estimate of drug-likeness (QED) is 0.389. The van der Waals surface area contributed by atoms with Gasteiger partial charge in [0.25, 0.3) is 0 Å². The van der Waals surface area contributed by atoms with Gasteiger partial charge in [0, 0.05) is 61.2 Å². The number of carbonyl (C=O) groups is 2. The molecule has 10 heteroatoms. The predicted molar refractivity (Wildman–Crippen MR) is 159 cm³/mol. The van der Waals surface area contributed by atoms with Gasteiger partial charge in [-0.15, -0.1) is 0 Å². The average Bonchev–Trinajstić information content (AvgIpc) is 3.45. The average molecular weight is 575 g/mol. The summed E-state index contributed by atoms with van der Waals surface area (Å²) >= 11 is 0. The third-order valence-electron chi connectivity index (χ3n) is 9.09. The zero-order valence-corrected chi connectivity index (χ0v) is 24.3. The normalized spacial score (nSPS) is 21.6. The molecule has 1 N–H and O–H groups in total. The van der Waals surface area contributed by atoms with E-state index in [1.807, 2.05) is 30.3 Å². The number of halogens is 1. The van der Waals surface area contributed by atoms with Crippen molar-refractivity contribution in [1.82, 2.24) is 19.4 Å². The highest BCUT2D eigenvalue weighted by Crippen LogP contribution is 2.42. The molecule has 0 spiro atoms.